The molecule has 1 aromatic carbocycles. The second-order valence-corrected chi connectivity index (χ2v) is 6.32. The van der Waals surface area contributed by atoms with Crippen LogP contribution in [0.2, 0.25) is 0 Å². The number of hydrogen-bond acceptors (Lipinski definition) is 3. The molecule has 126 valence electrons. The first-order chi connectivity index (χ1) is 11.6. The van der Waals surface area contributed by atoms with E-state index in [2.05, 4.69) is 15.2 Å². The Morgan fingerprint density at radius 2 is 1.96 bits per heavy atom. The van der Waals surface area contributed by atoms with Crippen LogP contribution in [0.4, 0.5) is 14.9 Å². The van der Waals surface area contributed by atoms with Gasteiger partial charge in [-0.1, -0.05) is 0 Å². The van der Waals surface area contributed by atoms with Crippen molar-refractivity contribution in [1.82, 2.24) is 15.2 Å². The molecule has 0 saturated carbocycles. The molecule has 0 radical (unpaired) electrons. The fourth-order valence-electron chi connectivity index (χ4n) is 3.57. The van der Waals surface area contributed by atoms with E-state index < -0.39 is 11.8 Å². The minimum atomic E-state index is -0.567. The highest BCUT2D eigenvalue weighted by Crippen LogP contribution is 2.31. The maximum atomic E-state index is 14.7. The van der Waals surface area contributed by atoms with Crippen LogP contribution in [0.1, 0.15) is 25.3 Å². The number of anilines is 1. The SMILES string of the molecule is O=C1CCN(c2cc3ccn(C4CCNCC4)c3cc2F)C(=O)N1. The van der Waals surface area contributed by atoms with Gasteiger partial charge >= 0.3 is 6.03 Å². The number of hydrogen-bond donors (Lipinski definition) is 2. The van der Waals surface area contributed by atoms with Gasteiger partial charge < -0.3 is 9.88 Å². The molecule has 24 heavy (non-hydrogen) atoms. The molecule has 2 fully saturated rings. The number of imide groups is 1. The highest BCUT2D eigenvalue weighted by Gasteiger charge is 2.27. The van der Waals surface area contributed by atoms with Crippen molar-refractivity contribution < 1.29 is 14.0 Å². The zero-order chi connectivity index (χ0) is 16.7. The molecule has 3 amide bonds. The third kappa shape index (κ3) is 2.54. The topological polar surface area (TPSA) is 66.4 Å². The molecule has 7 heteroatoms. The van der Waals surface area contributed by atoms with Gasteiger partial charge in [0, 0.05) is 36.7 Å². The second kappa shape index (κ2) is 5.90. The number of benzene rings is 1. The monoisotopic (exact) mass is 330 g/mol. The van der Waals surface area contributed by atoms with Crippen molar-refractivity contribution in [3.05, 3.63) is 30.2 Å². The molecule has 0 spiro atoms. The van der Waals surface area contributed by atoms with Crippen molar-refractivity contribution in [3.63, 3.8) is 0 Å². The zero-order valence-corrected chi connectivity index (χ0v) is 13.2. The van der Waals surface area contributed by atoms with Crippen molar-refractivity contribution in [3.8, 4) is 0 Å². The van der Waals surface area contributed by atoms with Crippen LogP contribution in [-0.4, -0.2) is 36.1 Å². The Morgan fingerprint density at radius 1 is 1.17 bits per heavy atom. The van der Waals surface area contributed by atoms with Gasteiger partial charge in [-0.2, -0.15) is 0 Å². The summed E-state index contributed by atoms with van der Waals surface area (Å²) in [5.74, 6) is -0.768. The molecule has 2 N–H and O–H groups in total. The normalized spacial score (nSPS) is 19.8. The fourth-order valence-corrected chi connectivity index (χ4v) is 3.57. The Hall–Kier alpha value is -2.41. The number of carbonyl (C=O) groups is 2. The minimum absolute atomic E-state index is 0.180. The van der Waals surface area contributed by atoms with E-state index in [1.807, 2.05) is 12.3 Å². The first kappa shape index (κ1) is 15.1. The Morgan fingerprint density at radius 3 is 2.71 bits per heavy atom. The lowest BCUT2D eigenvalue weighted by atomic mass is 10.1. The Balaban J connectivity index is 1.70. The molecule has 0 aliphatic carbocycles. The van der Waals surface area contributed by atoms with E-state index in [9.17, 15) is 14.0 Å². The van der Waals surface area contributed by atoms with E-state index >= 15 is 0 Å². The number of halogens is 1. The van der Waals surface area contributed by atoms with Gasteiger partial charge in [0.15, 0.2) is 0 Å². The minimum Gasteiger partial charge on any atom is -0.344 e. The lowest BCUT2D eigenvalue weighted by Crippen LogP contribution is -2.49. The van der Waals surface area contributed by atoms with Gasteiger partial charge in [-0.3, -0.25) is 15.0 Å². The van der Waals surface area contributed by atoms with Gasteiger partial charge in [0.2, 0.25) is 5.91 Å². The number of piperidine rings is 1. The summed E-state index contributed by atoms with van der Waals surface area (Å²) in [4.78, 5) is 24.5. The highest BCUT2D eigenvalue weighted by molar-refractivity contribution is 6.06. The summed E-state index contributed by atoms with van der Waals surface area (Å²) in [6.07, 6.45) is 4.20. The molecule has 2 aliphatic rings. The van der Waals surface area contributed by atoms with Crippen LogP contribution in [0.15, 0.2) is 24.4 Å². The first-order valence-electron chi connectivity index (χ1n) is 8.25. The quantitative estimate of drug-likeness (QED) is 0.887. The molecule has 4 rings (SSSR count). The first-order valence-corrected chi connectivity index (χ1v) is 8.25. The maximum Gasteiger partial charge on any atom is 0.328 e. The molecule has 0 bridgehead atoms. The van der Waals surface area contributed by atoms with E-state index in [1.165, 1.54) is 11.0 Å². The summed E-state index contributed by atoms with van der Waals surface area (Å²) >= 11 is 0. The summed E-state index contributed by atoms with van der Waals surface area (Å²) in [7, 11) is 0. The molecule has 0 unspecified atom stereocenters. The van der Waals surface area contributed by atoms with Crippen LogP contribution in [0.25, 0.3) is 10.9 Å². The Bertz CT molecular complexity index is 810. The standard InChI is InChI=1S/C17H19FN4O2/c18-13-10-14-11(3-7-21(14)12-1-5-19-6-2-12)9-15(13)22-8-4-16(23)20-17(22)24/h3,7,9-10,12,19H,1-2,4-6,8H2,(H,20,23,24). The van der Waals surface area contributed by atoms with E-state index in [0.29, 0.717) is 6.04 Å². The molecule has 1 aromatic heterocycles. The summed E-state index contributed by atoms with van der Waals surface area (Å²) < 4.78 is 16.8. The molecule has 2 saturated heterocycles. The number of urea groups is 1. The van der Waals surface area contributed by atoms with Gasteiger partial charge in [-0.15, -0.1) is 0 Å². The highest BCUT2D eigenvalue weighted by atomic mass is 19.1. The van der Waals surface area contributed by atoms with Gasteiger partial charge in [0.1, 0.15) is 5.82 Å². The maximum absolute atomic E-state index is 14.7. The van der Waals surface area contributed by atoms with Crippen molar-refractivity contribution in [2.24, 2.45) is 0 Å². The van der Waals surface area contributed by atoms with E-state index in [1.54, 1.807) is 6.07 Å². The predicted molar refractivity (Wildman–Crippen MR) is 88.5 cm³/mol. The number of aromatic nitrogens is 1. The number of nitrogens with one attached hydrogen (secondary N) is 2. The van der Waals surface area contributed by atoms with Crippen LogP contribution in [0.5, 0.6) is 0 Å². The Kier molecular flexibility index (Phi) is 3.72. The van der Waals surface area contributed by atoms with Gasteiger partial charge in [-0.05, 0) is 38.1 Å². The van der Waals surface area contributed by atoms with Gasteiger partial charge in [0.25, 0.3) is 0 Å². The molecule has 0 atom stereocenters. The Labute approximate surface area is 138 Å². The number of carbonyl (C=O) groups excluding carboxylic acids is 2. The summed E-state index contributed by atoms with van der Waals surface area (Å²) in [5, 5.41) is 6.46. The van der Waals surface area contributed by atoms with Crippen LogP contribution in [-0.2, 0) is 4.79 Å². The fraction of sp³-hybridized carbons (Fsp3) is 0.412. The smallest absolute Gasteiger partial charge is 0.328 e. The van der Waals surface area contributed by atoms with Crippen LogP contribution >= 0.6 is 0 Å². The van der Waals surface area contributed by atoms with Gasteiger partial charge in [0.05, 0.1) is 11.2 Å². The average Bonchev–Trinajstić information content (AvgIpc) is 2.98. The zero-order valence-electron chi connectivity index (χ0n) is 13.2. The second-order valence-electron chi connectivity index (χ2n) is 6.32. The van der Waals surface area contributed by atoms with E-state index in [0.717, 1.165) is 36.8 Å². The third-order valence-corrected chi connectivity index (χ3v) is 4.84. The predicted octanol–water partition coefficient (Wildman–Crippen LogP) is 2.15. The van der Waals surface area contributed by atoms with E-state index in [-0.39, 0.29) is 24.6 Å². The van der Waals surface area contributed by atoms with E-state index in [4.69, 9.17) is 0 Å². The third-order valence-electron chi connectivity index (χ3n) is 4.84. The molecule has 2 aliphatic heterocycles. The average molecular weight is 330 g/mol. The number of fused-ring (bicyclic) bond motifs is 1. The lowest BCUT2D eigenvalue weighted by Gasteiger charge is -2.27. The molecule has 6 nitrogen and oxygen atoms in total. The van der Waals surface area contributed by atoms with Gasteiger partial charge in [-0.25, -0.2) is 9.18 Å². The van der Waals surface area contributed by atoms with Crippen molar-refractivity contribution in [2.45, 2.75) is 25.3 Å². The van der Waals surface area contributed by atoms with Crippen LogP contribution in [0.3, 0.4) is 0 Å². The summed E-state index contributed by atoms with van der Waals surface area (Å²) in [5.41, 5.74) is 1.06. The van der Waals surface area contributed by atoms with Crippen molar-refractivity contribution in [1.29, 1.82) is 0 Å². The number of rotatable bonds is 2. The lowest BCUT2D eigenvalue weighted by molar-refractivity contribution is -0.120. The van der Waals surface area contributed by atoms with Crippen LogP contribution < -0.4 is 15.5 Å². The van der Waals surface area contributed by atoms with Crippen molar-refractivity contribution >= 4 is 28.5 Å². The molecule has 2 aromatic rings. The number of nitrogens with zero attached hydrogens (tertiary/aromatic N) is 2. The van der Waals surface area contributed by atoms with Crippen molar-refractivity contribution in [2.75, 3.05) is 24.5 Å². The molecular formula is C17H19FN4O2. The molecule has 3 heterocycles. The summed E-state index contributed by atoms with van der Waals surface area (Å²) in [6, 6.07) is 4.94. The largest absolute Gasteiger partial charge is 0.344 e. The molecular weight excluding hydrogens is 311 g/mol. The van der Waals surface area contributed by atoms with Crippen LogP contribution in [0, 0.1) is 5.82 Å². The summed E-state index contributed by atoms with van der Waals surface area (Å²) in [6.45, 7) is 2.13. The number of amides is 3.